The fourth-order valence-corrected chi connectivity index (χ4v) is 4.52. The average molecular weight is 364 g/mol. The van der Waals surface area contributed by atoms with Gasteiger partial charge in [-0.2, -0.15) is 0 Å². The molecule has 126 valence electrons. The van der Waals surface area contributed by atoms with Crippen molar-refractivity contribution < 1.29 is 13.2 Å². The van der Waals surface area contributed by atoms with Crippen LogP contribution in [0.15, 0.2) is 48.5 Å². The molecule has 0 aliphatic carbocycles. The zero-order chi connectivity index (χ0) is 17.2. The molecule has 0 N–H and O–H groups in total. The molecule has 0 aromatic heterocycles. The summed E-state index contributed by atoms with van der Waals surface area (Å²) in [5.74, 6) is -1.05. The third-order valence-electron chi connectivity index (χ3n) is 4.03. The van der Waals surface area contributed by atoms with E-state index in [2.05, 4.69) is 0 Å². The van der Waals surface area contributed by atoms with Crippen molar-refractivity contribution in [1.29, 1.82) is 0 Å². The number of hydrogen-bond acceptors (Lipinski definition) is 3. The molecule has 1 aliphatic heterocycles. The van der Waals surface area contributed by atoms with Gasteiger partial charge in [-0.25, -0.2) is 8.42 Å². The first-order valence-corrected chi connectivity index (χ1v) is 9.98. The van der Waals surface area contributed by atoms with Gasteiger partial charge in [0.1, 0.15) is 5.75 Å². The van der Waals surface area contributed by atoms with Gasteiger partial charge >= 0.3 is 0 Å². The predicted molar refractivity (Wildman–Crippen MR) is 96.1 cm³/mol. The first-order valence-electron chi connectivity index (χ1n) is 7.78. The number of benzene rings is 2. The standard InChI is InChI=1S/C18H18ClNO3S/c19-16-8-3-5-14(11-16)12-24(22,23)13-18(21)20-10-4-7-15-6-1-2-9-17(15)20/h1-3,5-6,8-9,11H,4,7,10,12-13H2. The molecule has 0 fully saturated rings. The SMILES string of the molecule is O=C(CS(=O)(=O)Cc1cccc(Cl)c1)N1CCCc2ccccc21. The molecule has 0 spiro atoms. The first kappa shape index (κ1) is 17.0. The number of rotatable bonds is 4. The highest BCUT2D eigenvalue weighted by molar-refractivity contribution is 7.91. The van der Waals surface area contributed by atoms with E-state index < -0.39 is 15.6 Å². The summed E-state index contributed by atoms with van der Waals surface area (Å²) in [4.78, 5) is 14.1. The van der Waals surface area contributed by atoms with E-state index in [1.807, 2.05) is 24.3 Å². The number of halogens is 1. The molecule has 2 aromatic rings. The quantitative estimate of drug-likeness (QED) is 0.838. The monoisotopic (exact) mass is 363 g/mol. The number of sulfone groups is 1. The van der Waals surface area contributed by atoms with Gasteiger partial charge in [0.2, 0.25) is 5.91 Å². The fraction of sp³-hybridized carbons (Fsp3) is 0.278. The number of nitrogens with zero attached hydrogens (tertiary/aromatic N) is 1. The minimum Gasteiger partial charge on any atom is -0.311 e. The number of hydrogen-bond donors (Lipinski definition) is 0. The normalized spacial score (nSPS) is 14.3. The van der Waals surface area contributed by atoms with Crippen LogP contribution in [-0.4, -0.2) is 26.6 Å². The third-order valence-corrected chi connectivity index (χ3v) is 5.73. The lowest BCUT2D eigenvalue weighted by molar-refractivity contribution is -0.116. The Morgan fingerprint density at radius 1 is 1.12 bits per heavy atom. The van der Waals surface area contributed by atoms with Crippen molar-refractivity contribution in [3.63, 3.8) is 0 Å². The molecule has 1 aliphatic rings. The zero-order valence-corrected chi connectivity index (χ0v) is 14.7. The molecule has 3 rings (SSSR count). The summed E-state index contributed by atoms with van der Waals surface area (Å²) in [5.41, 5.74) is 2.50. The summed E-state index contributed by atoms with van der Waals surface area (Å²) < 4.78 is 24.8. The van der Waals surface area contributed by atoms with Gasteiger partial charge in [-0.1, -0.05) is 41.9 Å². The number of carbonyl (C=O) groups excluding carboxylic acids is 1. The molecule has 24 heavy (non-hydrogen) atoms. The van der Waals surface area contributed by atoms with E-state index in [4.69, 9.17) is 11.6 Å². The van der Waals surface area contributed by atoms with Gasteiger partial charge in [0.25, 0.3) is 0 Å². The Kier molecular flexibility index (Phi) is 4.92. The topological polar surface area (TPSA) is 54.5 Å². The molecule has 0 unspecified atom stereocenters. The lowest BCUT2D eigenvalue weighted by Crippen LogP contribution is -2.39. The molecule has 2 aromatic carbocycles. The Hall–Kier alpha value is -1.85. The highest BCUT2D eigenvalue weighted by atomic mass is 35.5. The van der Waals surface area contributed by atoms with Crippen LogP contribution in [0.5, 0.6) is 0 Å². The molecule has 1 amide bonds. The summed E-state index contributed by atoms with van der Waals surface area (Å²) in [7, 11) is -3.55. The highest BCUT2D eigenvalue weighted by Gasteiger charge is 2.26. The van der Waals surface area contributed by atoms with Crippen LogP contribution in [0.2, 0.25) is 5.02 Å². The third kappa shape index (κ3) is 3.97. The molecule has 0 saturated heterocycles. The van der Waals surface area contributed by atoms with Crippen LogP contribution in [0.25, 0.3) is 0 Å². The van der Waals surface area contributed by atoms with Crippen molar-refractivity contribution in [2.45, 2.75) is 18.6 Å². The summed E-state index contributed by atoms with van der Waals surface area (Å²) >= 11 is 5.89. The highest BCUT2D eigenvalue weighted by Crippen LogP contribution is 2.27. The first-order chi connectivity index (χ1) is 11.4. The molecular formula is C18H18ClNO3S. The van der Waals surface area contributed by atoms with Crippen molar-refractivity contribution in [3.8, 4) is 0 Å². The minimum absolute atomic E-state index is 0.186. The van der Waals surface area contributed by atoms with Gasteiger partial charge in [0, 0.05) is 17.3 Å². The summed E-state index contributed by atoms with van der Waals surface area (Å²) in [5, 5.41) is 0.485. The Morgan fingerprint density at radius 2 is 1.92 bits per heavy atom. The number of amides is 1. The van der Waals surface area contributed by atoms with Gasteiger partial charge in [-0.05, 0) is 42.2 Å². The van der Waals surface area contributed by atoms with Crippen LogP contribution >= 0.6 is 11.6 Å². The van der Waals surface area contributed by atoms with E-state index in [9.17, 15) is 13.2 Å². The molecule has 0 saturated carbocycles. The van der Waals surface area contributed by atoms with Crippen molar-refractivity contribution in [1.82, 2.24) is 0 Å². The maximum Gasteiger partial charge on any atom is 0.242 e. The van der Waals surface area contributed by atoms with Crippen LogP contribution in [0.1, 0.15) is 17.5 Å². The Labute approximate surface area is 147 Å². The van der Waals surface area contributed by atoms with Gasteiger partial charge in [0.05, 0.1) is 5.75 Å². The Morgan fingerprint density at radius 3 is 2.71 bits per heavy atom. The minimum atomic E-state index is -3.55. The lowest BCUT2D eigenvalue weighted by atomic mass is 10.0. The van der Waals surface area contributed by atoms with Crippen LogP contribution < -0.4 is 4.90 Å². The Bertz CT molecular complexity index is 864. The van der Waals surface area contributed by atoms with E-state index in [0.29, 0.717) is 17.1 Å². The summed E-state index contributed by atoms with van der Waals surface area (Å²) in [6.45, 7) is 0.558. The van der Waals surface area contributed by atoms with Crippen LogP contribution in [0.4, 0.5) is 5.69 Å². The maximum atomic E-state index is 12.6. The number of para-hydroxylation sites is 1. The number of fused-ring (bicyclic) bond motifs is 1. The van der Waals surface area contributed by atoms with Gasteiger partial charge in [0.15, 0.2) is 9.84 Å². The lowest BCUT2D eigenvalue weighted by Gasteiger charge is -2.29. The molecular weight excluding hydrogens is 346 g/mol. The van der Waals surface area contributed by atoms with Crippen molar-refractivity contribution in [2.24, 2.45) is 0 Å². The average Bonchev–Trinajstić information content (AvgIpc) is 2.53. The van der Waals surface area contributed by atoms with E-state index in [-0.39, 0.29) is 11.7 Å². The molecule has 0 radical (unpaired) electrons. The second-order valence-corrected chi connectivity index (χ2v) is 8.44. The molecule has 0 atom stereocenters. The predicted octanol–water partition coefficient (Wildman–Crippen LogP) is 3.23. The smallest absolute Gasteiger partial charge is 0.242 e. The van der Waals surface area contributed by atoms with E-state index >= 15 is 0 Å². The maximum absolute atomic E-state index is 12.6. The van der Waals surface area contributed by atoms with Crippen molar-refractivity contribution >= 4 is 33.0 Å². The number of anilines is 1. The number of carbonyl (C=O) groups is 1. The van der Waals surface area contributed by atoms with Gasteiger partial charge in [-0.3, -0.25) is 4.79 Å². The summed E-state index contributed by atoms with van der Waals surface area (Å²) in [6.07, 6.45) is 1.76. The zero-order valence-electron chi connectivity index (χ0n) is 13.1. The molecule has 1 heterocycles. The van der Waals surface area contributed by atoms with Crippen molar-refractivity contribution in [3.05, 3.63) is 64.7 Å². The largest absolute Gasteiger partial charge is 0.311 e. The Balaban J connectivity index is 1.75. The van der Waals surface area contributed by atoms with E-state index in [1.165, 1.54) is 0 Å². The van der Waals surface area contributed by atoms with E-state index in [0.717, 1.165) is 24.1 Å². The summed E-state index contributed by atoms with van der Waals surface area (Å²) in [6, 6.07) is 14.4. The molecule has 0 bridgehead atoms. The molecule has 4 nitrogen and oxygen atoms in total. The fourth-order valence-electron chi connectivity index (χ4n) is 2.99. The second-order valence-electron chi connectivity index (χ2n) is 5.94. The molecule has 6 heteroatoms. The number of aryl methyl sites for hydroxylation is 1. The van der Waals surface area contributed by atoms with Crippen LogP contribution in [0, 0.1) is 0 Å². The van der Waals surface area contributed by atoms with Crippen LogP contribution in [-0.2, 0) is 26.8 Å². The van der Waals surface area contributed by atoms with Crippen molar-refractivity contribution in [2.75, 3.05) is 17.2 Å². The van der Waals surface area contributed by atoms with Gasteiger partial charge in [-0.15, -0.1) is 0 Å². The van der Waals surface area contributed by atoms with Crippen LogP contribution in [0.3, 0.4) is 0 Å². The second kappa shape index (κ2) is 6.95. The van der Waals surface area contributed by atoms with E-state index in [1.54, 1.807) is 29.2 Å². The van der Waals surface area contributed by atoms with Gasteiger partial charge < -0.3 is 4.90 Å².